The van der Waals surface area contributed by atoms with Crippen molar-refractivity contribution in [1.29, 1.82) is 0 Å². The first-order valence-corrected chi connectivity index (χ1v) is 6.13. The van der Waals surface area contributed by atoms with Crippen molar-refractivity contribution in [1.82, 2.24) is 5.32 Å². The molecule has 1 aliphatic carbocycles. The molecule has 1 aromatic carbocycles. The van der Waals surface area contributed by atoms with E-state index in [9.17, 15) is 9.59 Å². The summed E-state index contributed by atoms with van der Waals surface area (Å²) in [7, 11) is 0. The molecule has 1 N–H and O–H groups in total. The molecule has 1 saturated carbocycles. The summed E-state index contributed by atoms with van der Waals surface area (Å²) < 4.78 is 0. The largest absolute Gasteiger partial charge is 0.295 e. The minimum Gasteiger partial charge on any atom is -0.295 e. The van der Waals surface area contributed by atoms with Crippen LogP contribution in [0.2, 0.25) is 0 Å². The maximum atomic E-state index is 12.2. The Labute approximate surface area is 100 Å². The van der Waals surface area contributed by atoms with Gasteiger partial charge in [-0.3, -0.25) is 14.9 Å². The van der Waals surface area contributed by atoms with Gasteiger partial charge < -0.3 is 0 Å². The van der Waals surface area contributed by atoms with Crippen molar-refractivity contribution in [3.05, 3.63) is 35.9 Å². The van der Waals surface area contributed by atoms with Crippen molar-refractivity contribution >= 4 is 11.8 Å². The molecule has 2 bridgehead atoms. The zero-order valence-electron chi connectivity index (χ0n) is 9.61. The molecule has 3 nitrogen and oxygen atoms in total. The van der Waals surface area contributed by atoms with E-state index in [1.54, 1.807) is 0 Å². The summed E-state index contributed by atoms with van der Waals surface area (Å²) in [6, 6.07) is 9.86. The fourth-order valence-electron chi connectivity index (χ4n) is 3.19. The Balaban J connectivity index is 2.05. The zero-order chi connectivity index (χ0) is 11.9. The van der Waals surface area contributed by atoms with Crippen LogP contribution in [-0.4, -0.2) is 11.8 Å². The summed E-state index contributed by atoms with van der Waals surface area (Å²) in [6.45, 7) is 0. The molecular weight excluding hydrogens is 214 g/mol. The predicted molar refractivity (Wildman–Crippen MR) is 63.2 cm³/mol. The monoisotopic (exact) mass is 229 g/mol. The lowest BCUT2D eigenvalue weighted by molar-refractivity contribution is -0.143. The van der Waals surface area contributed by atoms with Gasteiger partial charge in [-0.2, -0.15) is 0 Å². The lowest BCUT2D eigenvalue weighted by Gasteiger charge is -2.43. The van der Waals surface area contributed by atoms with E-state index in [1.165, 1.54) is 0 Å². The minimum atomic E-state index is -0.460. The van der Waals surface area contributed by atoms with Crippen LogP contribution in [0.1, 0.15) is 31.2 Å². The zero-order valence-corrected chi connectivity index (χ0v) is 9.61. The second-order valence-corrected chi connectivity index (χ2v) is 5.06. The van der Waals surface area contributed by atoms with Gasteiger partial charge in [0, 0.05) is 5.92 Å². The van der Waals surface area contributed by atoms with Gasteiger partial charge in [0.2, 0.25) is 11.8 Å². The van der Waals surface area contributed by atoms with Crippen LogP contribution in [0.5, 0.6) is 0 Å². The number of carbonyl (C=O) groups excluding carboxylic acids is 2. The van der Waals surface area contributed by atoms with Crippen LogP contribution in [0.4, 0.5) is 0 Å². The number of carbonyl (C=O) groups is 2. The van der Waals surface area contributed by atoms with Crippen LogP contribution >= 0.6 is 0 Å². The van der Waals surface area contributed by atoms with Gasteiger partial charge in [-0.15, -0.1) is 0 Å². The maximum absolute atomic E-state index is 12.2. The number of hydrogen-bond donors (Lipinski definition) is 1. The Morgan fingerprint density at radius 1 is 1.18 bits per heavy atom. The summed E-state index contributed by atoms with van der Waals surface area (Å²) in [5, 5.41) is 2.54. The maximum Gasteiger partial charge on any atom is 0.237 e. The van der Waals surface area contributed by atoms with E-state index in [0.717, 1.165) is 24.8 Å². The highest BCUT2D eigenvalue weighted by Gasteiger charge is 2.50. The average molecular weight is 229 g/mol. The third kappa shape index (κ3) is 1.49. The third-order valence-corrected chi connectivity index (χ3v) is 4.12. The van der Waals surface area contributed by atoms with Crippen molar-refractivity contribution < 1.29 is 9.59 Å². The van der Waals surface area contributed by atoms with E-state index in [4.69, 9.17) is 0 Å². The van der Waals surface area contributed by atoms with Crippen LogP contribution in [0.15, 0.2) is 30.3 Å². The minimum absolute atomic E-state index is 0.0154. The highest BCUT2D eigenvalue weighted by Crippen LogP contribution is 2.44. The first-order valence-electron chi connectivity index (χ1n) is 6.13. The molecule has 1 aromatic rings. The van der Waals surface area contributed by atoms with Gasteiger partial charge in [0.25, 0.3) is 0 Å². The Hall–Kier alpha value is -1.64. The Morgan fingerprint density at radius 3 is 2.71 bits per heavy atom. The van der Waals surface area contributed by atoms with E-state index >= 15 is 0 Å². The summed E-state index contributed by atoms with van der Waals surface area (Å²) in [5.41, 5.74) is 0.590. The molecule has 0 radical (unpaired) electrons. The normalized spacial score (nSPS) is 32.1. The van der Waals surface area contributed by atoms with Crippen molar-refractivity contribution in [2.75, 3.05) is 0 Å². The SMILES string of the molecule is O=C1NC(=O)C2(c3ccccc3)CCCC1C2. The molecule has 2 aliphatic rings. The average Bonchev–Trinajstić information content (AvgIpc) is 2.38. The van der Waals surface area contributed by atoms with Crippen LogP contribution in [0.25, 0.3) is 0 Å². The topological polar surface area (TPSA) is 46.2 Å². The van der Waals surface area contributed by atoms with Crippen molar-refractivity contribution in [2.45, 2.75) is 31.1 Å². The number of fused-ring (bicyclic) bond motifs is 2. The van der Waals surface area contributed by atoms with Crippen LogP contribution in [0.3, 0.4) is 0 Å². The molecule has 2 atom stereocenters. The van der Waals surface area contributed by atoms with Gasteiger partial charge in [0.05, 0.1) is 5.41 Å². The predicted octanol–water partition coefficient (Wildman–Crippen LogP) is 1.77. The fourth-order valence-corrected chi connectivity index (χ4v) is 3.19. The summed E-state index contributed by atoms with van der Waals surface area (Å²) in [5.74, 6) is -0.174. The quantitative estimate of drug-likeness (QED) is 0.746. The lowest BCUT2D eigenvalue weighted by atomic mass is 9.63. The van der Waals surface area contributed by atoms with Gasteiger partial charge >= 0.3 is 0 Å². The molecule has 2 fully saturated rings. The first kappa shape index (κ1) is 10.5. The molecule has 1 aliphatic heterocycles. The second-order valence-electron chi connectivity index (χ2n) is 5.06. The van der Waals surface area contributed by atoms with Crippen LogP contribution in [-0.2, 0) is 15.0 Å². The molecule has 88 valence electrons. The Morgan fingerprint density at radius 2 is 1.94 bits per heavy atom. The number of amides is 2. The van der Waals surface area contributed by atoms with E-state index < -0.39 is 5.41 Å². The van der Waals surface area contributed by atoms with Gasteiger partial charge in [-0.1, -0.05) is 36.8 Å². The van der Waals surface area contributed by atoms with E-state index in [0.29, 0.717) is 6.42 Å². The van der Waals surface area contributed by atoms with Crippen LogP contribution < -0.4 is 5.32 Å². The number of piperidine rings is 1. The van der Waals surface area contributed by atoms with Crippen molar-refractivity contribution in [2.24, 2.45) is 5.92 Å². The van der Waals surface area contributed by atoms with Crippen molar-refractivity contribution in [3.8, 4) is 0 Å². The summed E-state index contributed by atoms with van der Waals surface area (Å²) in [4.78, 5) is 23.9. The highest BCUT2D eigenvalue weighted by molar-refractivity contribution is 6.04. The molecule has 3 heteroatoms. The molecule has 0 spiro atoms. The number of imide groups is 1. The number of rotatable bonds is 1. The summed E-state index contributed by atoms with van der Waals surface area (Å²) in [6.07, 6.45) is 3.40. The first-order chi connectivity index (χ1) is 8.22. The van der Waals surface area contributed by atoms with Gasteiger partial charge in [0.1, 0.15) is 0 Å². The number of nitrogens with one attached hydrogen (secondary N) is 1. The summed E-state index contributed by atoms with van der Waals surface area (Å²) >= 11 is 0. The fraction of sp³-hybridized carbons (Fsp3) is 0.429. The standard InChI is InChI=1S/C14H15NO2/c16-12-10-5-4-8-14(9-10,13(17)15-12)11-6-2-1-3-7-11/h1-3,6-7,10H,4-5,8-9H2,(H,15,16,17). The van der Waals surface area contributed by atoms with Gasteiger partial charge in [-0.25, -0.2) is 0 Å². The van der Waals surface area contributed by atoms with Gasteiger partial charge in [0.15, 0.2) is 0 Å². The van der Waals surface area contributed by atoms with E-state index in [2.05, 4.69) is 5.32 Å². The van der Waals surface area contributed by atoms with Crippen molar-refractivity contribution in [3.63, 3.8) is 0 Å². The number of hydrogen-bond acceptors (Lipinski definition) is 2. The molecule has 2 amide bonds. The molecule has 3 rings (SSSR count). The van der Waals surface area contributed by atoms with Gasteiger partial charge in [-0.05, 0) is 24.8 Å². The molecule has 0 aromatic heterocycles. The third-order valence-electron chi connectivity index (χ3n) is 4.12. The highest BCUT2D eigenvalue weighted by atomic mass is 16.2. The number of benzene rings is 1. The van der Waals surface area contributed by atoms with E-state index in [1.807, 2.05) is 30.3 Å². The second kappa shape index (κ2) is 3.69. The Bertz CT molecular complexity index is 468. The molecule has 2 unspecified atom stereocenters. The molecular formula is C14H15NO2. The lowest BCUT2D eigenvalue weighted by Crippen LogP contribution is -2.57. The van der Waals surface area contributed by atoms with E-state index in [-0.39, 0.29) is 17.7 Å². The Kier molecular flexibility index (Phi) is 2.28. The molecule has 1 heterocycles. The molecule has 17 heavy (non-hydrogen) atoms. The van der Waals surface area contributed by atoms with Crippen LogP contribution in [0, 0.1) is 5.92 Å². The smallest absolute Gasteiger partial charge is 0.237 e. The molecule has 1 saturated heterocycles.